The number of aryl methyl sites for hydroxylation is 2. The summed E-state index contributed by atoms with van der Waals surface area (Å²) in [4.78, 5) is 11.3. The highest BCUT2D eigenvalue weighted by molar-refractivity contribution is 5.46. The minimum Gasteiger partial charge on any atom is -0.493 e. The summed E-state index contributed by atoms with van der Waals surface area (Å²) in [5.41, 5.74) is 4.19. The van der Waals surface area contributed by atoms with Gasteiger partial charge in [-0.15, -0.1) is 0 Å². The van der Waals surface area contributed by atoms with E-state index in [9.17, 15) is 0 Å². The average Bonchev–Trinajstić information content (AvgIpc) is 2.96. The molecule has 0 aliphatic heterocycles. The Labute approximate surface area is 148 Å². The first kappa shape index (κ1) is 17.2. The lowest BCUT2D eigenvalue weighted by Gasteiger charge is -2.18. The van der Waals surface area contributed by atoms with Gasteiger partial charge in [0.2, 0.25) is 5.78 Å². The van der Waals surface area contributed by atoms with Gasteiger partial charge in [0, 0.05) is 36.2 Å². The fraction of sp³-hybridized carbons (Fsp3) is 0.368. The second-order valence-corrected chi connectivity index (χ2v) is 6.27. The molecule has 1 aromatic carbocycles. The quantitative estimate of drug-likeness (QED) is 0.690. The van der Waals surface area contributed by atoms with Gasteiger partial charge >= 0.3 is 0 Å². The van der Waals surface area contributed by atoms with E-state index < -0.39 is 0 Å². The van der Waals surface area contributed by atoms with Crippen LogP contribution in [0.25, 0.3) is 5.78 Å². The van der Waals surface area contributed by atoms with Gasteiger partial charge in [-0.1, -0.05) is 12.1 Å². The second-order valence-electron chi connectivity index (χ2n) is 6.27. The highest BCUT2D eigenvalue weighted by Crippen LogP contribution is 2.31. The van der Waals surface area contributed by atoms with Crippen LogP contribution in [0.4, 0.5) is 0 Å². The number of hydrogen-bond acceptors (Lipinski definition) is 5. The third-order valence-corrected chi connectivity index (χ3v) is 4.17. The van der Waals surface area contributed by atoms with E-state index in [1.54, 1.807) is 14.2 Å². The molecule has 3 aromatic rings. The van der Waals surface area contributed by atoms with Gasteiger partial charge in [0.1, 0.15) is 0 Å². The van der Waals surface area contributed by atoms with Crippen molar-refractivity contribution in [3.8, 4) is 11.5 Å². The van der Waals surface area contributed by atoms with Crippen molar-refractivity contribution in [1.82, 2.24) is 19.3 Å². The van der Waals surface area contributed by atoms with E-state index in [0.717, 1.165) is 53.0 Å². The van der Waals surface area contributed by atoms with Crippen LogP contribution in [0.1, 0.15) is 22.6 Å². The molecule has 0 amide bonds. The molecule has 2 aromatic heterocycles. The molecule has 0 unspecified atom stereocenters. The minimum atomic E-state index is 0.724. The van der Waals surface area contributed by atoms with Crippen LogP contribution in [0.15, 0.2) is 30.5 Å². The molecule has 6 nitrogen and oxygen atoms in total. The predicted molar refractivity (Wildman–Crippen MR) is 97.2 cm³/mol. The number of aromatic nitrogens is 3. The maximum Gasteiger partial charge on any atom is 0.234 e. The molecule has 0 aliphatic rings. The number of para-hydroxylation sites is 1. The third-order valence-electron chi connectivity index (χ3n) is 4.17. The van der Waals surface area contributed by atoms with Gasteiger partial charge in [-0.3, -0.25) is 9.30 Å². The molecule has 0 saturated carbocycles. The molecule has 0 fully saturated rings. The first-order valence-electron chi connectivity index (χ1n) is 8.22. The largest absolute Gasteiger partial charge is 0.493 e. The van der Waals surface area contributed by atoms with Gasteiger partial charge in [-0.2, -0.15) is 0 Å². The Balaban J connectivity index is 1.79. The molecule has 3 rings (SSSR count). The minimum absolute atomic E-state index is 0.724. The summed E-state index contributed by atoms with van der Waals surface area (Å²) < 4.78 is 12.9. The molecule has 0 bridgehead atoms. The normalized spacial score (nSPS) is 11.3. The Kier molecular flexibility index (Phi) is 4.90. The van der Waals surface area contributed by atoms with Crippen LogP contribution in [0.5, 0.6) is 11.5 Å². The van der Waals surface area contributed by atoms with Gasteiger partial charge in [-0.05, 0) is 33.0 Å². The predicted octanol–water partition coefficient (Wildman–Crippen LogP) is 3.00. The zero-order chi connectivity index (χ0) is 18.0. The molecule has 6 heteroatoms. The standard InChI is InChI=1S/C19H24N4O2/c1-13-9-14(2)23-12-16(21-19(23)20-13)11-22(3)10-15-7-6-8-17(24-4)18(15)25-5/h6-9,12H,10-11H2,1-5H3. The van der Waals surface area contributed by atoms with Crippen molar-refractivity contribution in [3.05, 3.63) is 53.1 Å². The van der Waals surface area contributed by atoms with E-state index in [1.165, 1.54) is 0 Å². The monoisotopic (exact) mass is 340 g/mol. The Hall–Kier alpha value is -2.60. The van der Waals surface area contributed by atoms with Crippen LogP contribution in [0.2, 0.25) is 0 Å². The number of rotatable bonds is 6. The molecule has 132 valence electrons. The van der Waals surface area contributed by atoms with Crippen molar-refractivity contribution >= 4 is 5.78 Å². The van der Waals surface area contributed by atoms with E-state index in [4.69, 9.17) is 9.47 Å². The Morgan fingerprint density at radius 3 is 2.60 bits per heavy atom. The van der Waals surface area contributed by atoms with E-state index in [2.05, 4.69) is 47.2 Å². The van der Waals surface area contributed by atoms with Crippen molar-refractivity contribution in [3.63, 3.8) is 0 Å². The lowest BCUT2D eigenvalue weighted by atomic mass is 10.1. The van der Waals surface area contributed by atoms with Crippen molar-refractivity contribution < 1.29 is 9.47 Å². The Morgan fingerprint density at radius 1 is 1.08 bits per heavy atom. The molecule has 0 saturated heterocycles. The van der Waals surface area contributed by atoms with Gasteiger partial charge in [-0.25, -0.2) is 9.97 Å². The van der Waals surface area contributed by atoms with Gasteiger partial charge in [0.25, 0.3) is 0 Å². The number of methoxy groups -OCH3 is 2. The number of hydrogen-bond donors (Lipinski definition) is 0. The van der Waals surface area contributed by atoms with E-state index in [1.807, 2.05) is 23.5 Å². The highest BCUT2D eigenvalue weighted by Gasteiger charge is 2.13. The number of imidazole rings is 1. The topological polar surface area (TPSA) is 51.9 Å². The first-order chi connectivity index (χ1) is 12.0. The molecular weight excluding hydrogens is 316 g/mol. The van der Waals surface area contributed by atoms with Crippen LogP contribution in [-0.2, 0) is 13.1 Å². The van der Waals surface area contributed by atoms with Gasteiger partial charge < -0.3 is 9.47 Å². The van der Waals surface area contributed by atoms with Gasteiger partial charge in [0.15, 0.2) is 11.5 Å². The lowest BCUT2D eigenvalue weighted by Crippen LogP contribution is -2.18. The van der Waals surface area contributed by atoms with Crippen molar-refractivity contribution in [1.29, 1.82) is 0 Å². The summed E-state index contributed by atoms with van der Waals surface area (Å²) in [5.74, 6) is 2.27. The third kappa shape index (κ3) is 3.58. The number of nitrogens with zero attached hydrogens (tertiary/aromatic N) is 4. The summed E-state index contributed by atoms with van der Waals surface area (Å²) in [6, 6.07) is 7.99. The smallest absolute Gasteiger partial charge is 0.234 e. The van der Waals surface area contributed by atoms with Crippen molar-refractivity contribution in [2.24, 2.45) is 0 Å². The summed E-state index contributed by atoms with van der Waals surface area (Å²) in [5, 5.41) is 0. The molecule has 0 atom stereocenters. The zero-order valence-corrected chi connectivity index (χ0v) is 15.4. The SMILES string of the molecule is COc1cccc(CN(C)Cc2cn3c(C)cc(C)nc3n2)c1OC. The number of benzene rings is 1. The maximum atomic E-state index is 5.51. The molecule has 25 heavy (non-hydrogen) atoms. The van der Waals surface area contributed by atoms with E-state index >= 15 is 0 Å². The lowest BCUT2D eigenvalue weighted by molar-refractivity contribution is 0.301. The molecule has 0 spiro atoms. The fourth-order valence-electron chi connectivity index (χ4n) is 3.10. The summed E-state index contributed by atoms with van der Waals surface area (Å²) >= 11 is 0. The van der Waals surface area contributed by atoms with Crippen LogP contribution >= 0.6 is 0 Å². The maximum absolute atomic E-state index is 5.51. The molecule has 2 heterocycles. The summed E-state index contributed by atoms with van der Waals surface area (Å²) in [6.45, 7) is 5.52. The fourth-order valence-corrected chi connectivity index (χ4v) is 3.10. The Morgan fingerprint density at radius 2 is 1.88 bits per heavy atom. The van der Waals surface area contributed by atoms with E-state index in [-0.39, 0.29) is 0 Å². The number of ether oxygens (including phenoxy) is 2. The van der Waals surface area contributed by atoms with Crippen LogP contribution in [0.3, 0.4) is 0 Å². The summed E-state index contributed by atoms with van der Waals surface area (Å²) in [6.07, 6.45) is 2.05. The Bertz CT molecular complexity index is 889. The van der Waals surface area contributed by atoms with Crippen LogP contribution < -0.4 is 9.47 Å². The highest BCUT2D eigenvalue weighted by atomic mass is 16.5. The zero-order valence-electron chi connectivity index (χ0n) is 15.4. The van der Waals surface area contributed by atoms with Crippen LogP contribution in [-0.4, -0.2) is 40.5 Å². The van der Waals surface area contributed by atoms with Gasteiger partial charge in [0.05, 0.1) is 19.9 Å². The molecule has 0 radical (unpaired) electrons. The van der Waals surface area contributed by atoms with Crippen molar-refractivity contribution in [2.75, 3.05) is 21.3 Å². The van der Waals surface area contributed by atoms with Crippen molar-refractivity contribution in [2.45, 2.75) is 26.9 Å². The second kappa shape index (κ2) is 7.11. The molecule has 0 N–H and O–H groups in total. The van der Waals surface area contributed by atoms with E-state index in [0.29, 0.717) is 0 Å². The number of fused-ring (bicyclic) bond motifs is 1. The first-order valence-corrected chi connectivity index (χ1v) is 8.22. The summed E-state index contributed by atoms with van der Waals surface area (Å²) in [7, 11) is 5.38. The molecular formula is C19H24N4O2. The van der Waals surface area contributed by atoms with Crippen LogP contribution in [0, 0.1) is 13.8 Å². The molecule has 0 aliphatic carbocycles. The average molecular weight is 340 g/mol.